The molecule has 0 saturated heterocycles. The van der Waals surface area contributed by atoms with E-state index < -0.39 is 10.0 Å². The van der Waals surface area contributed by atoms with Crippen LogP contribution in [0.4, 0.5) is 5.69 Å². The van der Waals surface area contributed by atoms with E-state index in [-0.39, 0.29) is 11.4 Å². The van der Waals surface area contributed by atoms with E-state index in [2.05, 4.69) is 25.6 Å². The van der Waals surface area contributed by atoms with Gasteiger partial charge in [0, 0.05) is 10.2 Å². The summed E-state index contributed by atoms with van der Waals surface area (Å²) in [7, 11) is -3.70. The summed E-state index contributed by atoms with van der Waals surface area (Å²) in [5, 5.41) is 0. The zero-order valence-electron chi connectivity index (χ0n) is 11.9. The van der Waals surface area contributed by atoms with Gasteiger partial charge >= 0.3 is 0 Å². The molecule has 0 aliphatic carbocycles. The molecule has 21 heavy (non-hydrogen) atoms. The summed E-state index contributed by atoms with van der Waals surface area (Å²) in [6, 6.07) is 3.18. The predicted octanol–water partition coefficient (Wildman–Crippen LogP) is 2.42. The van der Waals surface area contributed by atoms with E-state index in [1.54, 1.807) is 26.8 Å². The summed E-state index contributed by atoms with van der Waals surface area (Å²) in [5.74, 6) is 1.00. The number of nitrogens with one attached hydrogen (secondary N) is 1. The van der Waals surface area contributed by atoms with Crippen molar-refractivity contribution in [2.75, 3.05) is 5.73 Å². The van der Waals surface area contributed by atoms with Gasteiger partial charge < -0.3 is 10.2 Å². The van der Waals surface area contributed by atoms with E-state index in [9.17, 15) is 8.42 Å². The lowest BCUT2D eigenvalue weighted by Gasteiger charge is -2.10. The molecule has 1 aromatic heterocycles. The Balaban J connectivity index is 2.27. The Morgan fingerprint density at radius 2 is 2.00 bits per heavy atom. The van der Waals surface area contributed by atoms with Crippen LogP contribution in [-0.4, -0.2) is 13.4 Å². The number of benzene rings is 1. The molecule has 0 atom stereocenters. The molecular formula is C13H16BrN3O3S. The smallest absolute Gasteiger partial charge is 0.241 e. The van der Waals surface area contributed by atoms with Crippen molar-refractivity contribution >= 4 is 31.6 Å². The first kappa shape index (κ1) is 16.0. The molecule has 2 rings (SSSR count). The van der Waals surface area contributed by atoms with Gasteiger partial charge in [0.25, 0.3) is 0 Å². The fourth-order valence-corrected chi connectivity index (χ4v) is 3.70. The number of anilines is 1. The predicted molar refractivity (Wildman–Crippen MR) is 83.3 cm³/mol. The van der Waals surface area contributed by atoms with Crippen molar-refractivity contribution in [1.82, 2.24) is 9.71 Å². The number of nitrogens with zero attached hydrogens (tertiary/aromatic N) is 1. The number of hydrogen-bond donors (Lipinski definition) is 2. The highest BCUT2D eigenvalue weighted by Gasteiger charge is 2.20. The Labute approximate surface area is 131 Å². The summed E-state index contributed by atoms with van der Waals surface area (Å²) in [6.45, 7) is 5.23. The standard InChI is InChI=1S/C13H16BrN3O3S/c1-7-11(15)4-10(14)5-12(7)21(18,19)16-6-13-17-8(2)9(3)20-13/h4-5,16H,6,15H2,1-3H3. The van der Waals surface area contributed by atoms with E-state index in [0.29, 0.717) is 27.4 Å². The molecule has 0 fully saturated rings. The third-order valence-electron chi connectivity index (χ3n) is 3.14. The lowest BCUT2D eigenvalue weighted by molar-refractivity contribution is 0.463. The molecule has 0 unspecified atom stereocenters. The molecule has 1 aromatic carbocycles. The third kappa shape index (κ3) is 3.45. The summed E-state index contributed by atoms with van der Waals surface area (Å²) in [6.07, 6.45) is 0. The second kappa shape index (κ2) is 5.78. The Hall–Kier alpha value is -1.38. The maximum Gasteiger partial charge on any atom is 0.241 e. The fourth-order valence-electron chi connectivity index (χ4n) is 1.80. The average molecular weight is 374 g/mol. The zero-order valence-corrected chi connectivity index (χ0v) is 14.3. The van der Waals surface area contributed by atoms with Crippen LogP contribution in [0.25, 0.3) is 0 Å². The molecule has 114 valence electrons. The van der Waals surface area contributed by atoms with Crippen LogP contribution in [0.2, 0.25) is 0 Å². The number of aromatic nitrogens is 1. The van der Waals surface area contributed by atoms with Crippen molar-refractivity contribution < 1.29 is 12.8 Å². The van der Waals surface area contributed by atoms with Crippen LogP contribution in [0.3, 0.4) is 0 Å². The van der Waals surface area contributed by atoms with Gasteiger partial charge in [0.1, 0.15) is 5.76 Å². The first-order chi connectivity index (χ1) is 9.70. The Bertz CT molecular complexity index is 765. The maximum atomic E-state index is 12.4. The average Bonchev–Trinajstić information content (AvgIpc) is 2.71. The van der Waals surface area contributed by atoms with Crippen LogP contribution in [0, 0.1) is 20.8 Å². The number of hydrogen-bond acceptors (Lipinski definition) is 5. The minimum Gasteiger partial charge on any atom is -0.444 e. The van der Waals surface area contributed by atoms with Gasteiger partial charge in [-0.1, -0.05) is 15.9 Å². The molecular weight excluding hydrogens is 358 g/mol. The van der Waals surface area contributed by atoms with Crippen LogP contribution >= 0.6 is 15.9 Å². The van der Waals surface area contributed by atoms with Crippen LogP contribution < -0.4 is 10.5 Å². The Kier molecular flexibility index (Phi) is 4.40. The highest BCUT2D eigenvalue weighted by atomic mass is 79.9. The summed E-state index contributed by atoms with van der Waals surface area (Å²) in [4.78, 5) is 4.27. The minimum absolute atomic E-state index is 0.0110. The second-order valence-electron chi connectivity index (χ2n) is 4.69. The van der Waals surface area contributed by atoms with Gasteiger partial charge in [0.05, 0.1) is 17.1 Å². The number of sulfonamides is 1. The number of rotatable bonds is 4. The van der Waals surface area contributed by atoms with Crippen LogP contribution in [0.15, 0.2) is 25.9 Å². The molecule has 6 nitrogen and oxygen atoms in total. The summed E-state index contributed by atoms with van der Waals surface area (Å²) >= 11 is 3.25. The van der Waals surface area contributed by atoms with Crippen molar-refractivity contribution in [1.29, 1.82) is 0 Å². The van der Waals surface area contributed by atoms with E-state index in [0.717, 1.165) is 5.69 Å². The van der Waals surface area contributed by atoms with E-state index >= 15 is 0 Å². The highest BCUT2D eigenvalue weighted by molar-refractivity contribution is 9.10. The van der Waals surface area contributed by atoms with Gasteiger partial charge in [0.2, 0.25) is 15.9 Å². The van der Waals surface area contributed by atoms with Gasteiger partial charge in [-0.3, -0.25) is 0 Å². The van der Waals surface area contributed by atoms with Crippen molar-refractivity contribution in [2.45, 2.75) is 32.2 Å². The van der Waals surface area contributed by atoms with Crippen molar-refractivity contribution in [2.24, 2.45) is 0 Å². The normalized spacial score (nSPS) is 11.8. The molecule has 0 spiro atoms. The van der Waals surface area contributed by atoms with Gasteiger partial charge in [0.15, 0.2) is 0 Å². The van der Waals surface area contributed by atoms with Gasteiger partial charge in [-0.15, -0.1) is 0 Å². The maximum absolute atomic E-state index is 12.4. The fraction of sp³-hybridized carbons (Fsp3) is 0.308. The summed E-state index contributed by atoms with van der Waals surface area (Å²) < 4.78 is 33.2. The number of nitrogens with two attached hydrogens (primary N) is 1. The van der Waals surface area contributed by atoms with Crippen molar-refractivity contribution in [3.63, 3.8) is 0 Å². The molecule has 0 aliphatic heterocycles. The molecule has 0 amide bonds. The molecule has 0 saturated carbocycles. The lowest BCUT2D eigenvalue weighted by Crippen LogP contribution is -2.24. The molecule has 2 aromatic rings. The molecule has 0 bridgehead atoms. The van der Waals surface area contributed by atoms with Crippen molar-refractivity contribution in [3.8, 4) is 0 Å². The topological polar surface area (TPSA) is 98.2 Å². The zero-order chi connectivity index (χ0) is 15.8. The van der Waals surface area contributed by atoms with Crippen LogP contribution in [0.1, 0.15) is 22.9 Å². The quantitative estimate of drug-likeness (QED) is 0.801. The van der Waals surface area contributed by atoms with Crippen molar-refractivity contribution in [3.05, 3.63) is 39.5 Å². The lowest BCUT2D eigenvalue weighted by atomic mass is 10.2. The van der Waals surface area contributed by atoms with E-state index in [4.69, 9.17) is 10.2 Å². The van der Waals surface area contributed by atoms with Crippen LogP contribution in [-0.2, 0) is 16.6 Å². The first-order valence-corrected chi connectivity index (χ1v) is 8.46. The molecule has 8 heteroatoms. The SMILES string of the molecule is Cc1nc(CNS(=O)(=O)c2cc(Br)cc(N)c2C)oc1C. The highest BCUT2D eigenvalue weighted by Crippen LogP contribution is 2.26. The molecule has 1 heterocycles. The van der Waals surface area contributed by atoms with Crippen LogP contribution in [0.5, 0.6) is 0 Å². The number of oxazole rings is 1. The van der Waals surface area contributed by atoms with E-state index in [1.165, 1.54) is 6.07 Å². The van der Waals surface area contributed by atoms with Gasteiger partial charge in [-0.05, 0) is 38.5 Å². The van der Waals surface area contributed by atoms with Gasteiger partial charge in [-0.2, -0.15) is 0 Å². The molecule has 0 aliphatic rings. The number of aryl methyl sites for hydroxylation is 2. The minimum atomic E-state index is -3.70. The monoisotopic (exact) mass is 373 g/mol. The molecule has 3 N–H and O–H groups in total. The molecule has 0 radical (unpaired) electrons. The summed E-state index contributed by atoms with van der Waals surface area (Å²) in [5.41, 5.74) is 7.45. The Morgan fingerprint density at radius 3 is 2.57 bits per heavy atom. The van der Waals surface area contributed by atoms with Gasteiger partial charge in [-0.25, -0.2) is 18.1 Å². The third-order valence-corrected chi connectivity index (χ3v) is 5.13. The Morgan fingerprint density at radius 1 is 1.33 bits per heavy atom. The number of nitrogen functional groups attached to an aromatic ring is 1. The number of halogens is 1. The first-order valence-electron chi connectivity index (χ1n) is 6.19. The largest absolute Gasteiger partial charge is 0.444 e. The second-order valence-corrected chi connectivity index (χ2v) is 7.34. The van der Waals surface area contributed by atoms with E-state index in [1.807, 2.05) is 0 Å².